The van der Waals surface area contributed by atoms with Gasteiger partial charge >= 0.3 is 6.03 Å². The topological polar surface area (TPSA) is 62.8 Å². The van der Waals surface area contributed by atoms with Gasteiger partial charge in [-0.15, -0.1) is 0 Å². The van der Waals surface area contributed by atoms with E-state index in [0.717, 1.165) is 11.4 Å². The zero-order valence-electron chi connectivity index (χ0n) is 15.1. The van der Waals surface area contributed by atoms with E-state index >= 15 is 0 Å². The third kappa shape index (κ3) is 5.31. The van der Waals surface area contributed by atoms with Crippen molar-refractivity contribution in [1.29, 1.82) is 0 Å². The molecule has 0 aliphatic carbocycles. The number of carbonyl (C=O) groups excluding carboxylic acids is 1. The first kappa shape index (κ1) is 18.4. The molecule has 6 heteroatoms. The van der Waals surface area contributed by atoms with Crippen LogP contribution in [-0.4, -0.2) is 33.3 Å². The molecule has 0 fully saturated rings. The SMILES string of the molecule is CCOc1ccc(NC(=O)Nc2ccc(N(C)C)cc2)cc1OCC. The number of hydrogen-bond acceptors (Lipinski definition) is 4. The molecule has 2 aromatic rings. The fourth-order valence-corrected chi connectivity index (χ4v) is 2.27. The lowest BCUT2D eigenvalue weighted by molar-refractivity contribution is 0.262. The number of hydrogen-bond donors (Lipinski definition) is 2. The number of carbonyl (C=O) groups is 1. The van der Waals surface area contributed by atoms with Gasteiger partial charge in [0.25, 0.3) is 0 Å². The maximum absolute atomic E-state index is 12.2. The summed E-state index contributed by atoms with van der Waals surface area (Å²) >= 11 is 0. The van der Waals surface area contributed by atoms with Gasteiger partial charge in [0.2, 0.25) is 0 Å². The molecule has 0 aromatic heterocycles. The molecule has 25 heavy (non-hydrogen) atoms. The highest BCUT2D eigenvalue weighted by molar-refractivity contribution is 6.00. The fraction of sp³-hybridized carbons (Fsp3) is 0.316. The van der Waals surface area contributed by atoms with Crippen molar-refractivity contribution in [3.05, 3.63) is 42.5 Å². The molecular formula is C19H25N3O3. The molecular weight excluding hydrogens is 318 g/mol. The van der Waals surface area contributed by atoms with E-state index in [1.54, 1.807) is 18.2 Å². The second-order valence-electron chi connectivity index (χ2n) is 5.55. The lowest BCUT2D eigenvalue weighted by atomic mass is 10.2. The van der Waals surface area contributed by atoms with Gasteiger partial charge in [-0.05, 0) is 50.2 Å². The standard InChI is InChI=1S/C19H25N3O3/c1-5-24-17-12-9-15(13-18(17)25-6-2)21-19(23)20-14-7-10-16(11-8-14)22(3)4/h7-13H,5-6H2,1-4H3,(H2,20,21,23). The van der Waals surface area contributed by atoms with Crippen molar-refractivity contribution in [3.63, 3.8) is 0 Å². The number of rotatable bonds is 7. The lowest BCUT2D eigenvalue weighted by Gasteiger charge is -2.14. The first-order valence-electron chi connectivity index (χ1n) is 8.28. The zero-order valence-corrected chi connectivity index (χ0v) is 15.1. The molecule has 0 heterocycles. The molecule has 0 aliphatic heterocycles. The minimum absolute atomic E-state index is 0.316. The van der Waals surface area contributed by atoms with Crippen LogP contribution in [0.25, 0.3) is 0 Å². The molecule has 0 saturated carbocycles. The molecule has 6 nitrogen and oxygen atoms in total. The summed E-state index contributed by atoms with van der Waals surface area (Å²) in [5.74, 6) is 1.27. The monoisotopic (exact) mass is 343 g/mol. The van der Waals surface area contributed by atoms with E-state index in [1.165, 1.54) is 0 Å². The van der Waals surface area contributed by atoms with Crippen molar-refractivity contribution < 1.29 is 14.3 Å². The second-order valence-corrected chi connectivity index (χ2v) is 5.55. The van der Waals surface area contributed by atoms with Gasteiger partial charge in [0.15, 0.2) is 11.5 Å². The molecule has 2 aromatic carbocycles. The van der Waals surface area contributed by atoms with Gasteiger partial charge in [-0.25, -0.2) is 4.79 Å². The number of ether oxygens (including phenoxy) is 2. The van der Waals surface area contributed by atoms with Crippen LogP contribution in [0.15, 0.2) is 42.5 Å². The fourth-order valence-electron chi connectivity index (χ4n) is 2.27. The molecule has 0 saturated heterocycles. The molecule has 2 amide bonds. The van der Waals surface area contributed by atoms with E-state index < -0.39 is 0 Å². The van der Waals surface area contributed by atoms with Gasteiger partial charge in [-0.1, -0.05) is 0 Å². The summed E-state index contributed by atoms with van der Waals surface area (Å²) in [6.45, 7) is 4.89. The zero-order chi connectivity index (χ0) is 18.2. The Bertz CT molecular complexity index is 700. The van der Waals surface area contributed by atoms with Crippen LogP contribution in [0.5, 0.6) is 11.5 Å². The van der Waals surface area contributed by atoms with Crippen LogP contribution in [-0.2, 0) is 0 Å². The highest BCUT2D eigenvalue weighted by atomic mass is 16.5. The Morgan fingerprint density at radius 1 is 0.880 bits per heavy atom. The lowest BCUT2D eigenvalue weighted by Crippen LogP contribution is -2.19. The third-order valence-electron chi connectivity index (χ3n) is 3.44. The van der Waals surface area contributed by atoms with Crippen LogP contribution in [0.1, 0.15) is 13.8 Å². The minimum Gasteiger partial charge on any atom is -0.490 e. The molecule has 2 N–H and O–H groups in total. The van der Waals surface area contributed by atoms with Crippen molar-refractivity contribution in [1.82, 2.24) is 0 Å². The van der Waals surface area contributed by atoms with E-state index in [2.05, 4.69) is 10.6 Å². The Labute approximate surface area is 148 Å². The highest BCUT2D eigenvalue weighted by Crippen LogP contribution is 2.30. The molecule has 2 rings (SSSR count). The smallest absolute Gasteiger partial charge is 0.323 e. The largest absolute Gasteiger partial charge is 0.490 e. The summed E-state index contributed by atoms with van der Waals surface area (Å²) in [6, 6.07) is 12.6. The molecule has 0 unspecified atom stereocenters. The summed E-state index contributed by atoms with van der Waals surface area (Å²) < 4.78 is 11.1. The molecule has 134 valence electrons. The molecule has 0 bridgehead atoms. The minimum atomic E-state index is -0.316. The van der Waals surface area contributed by atoms with E-state index in [1.807, 2.05) is 57.1 Å². The van der Waals surface area contributed by atoms with Gasteiger partial charge in [0, 0.05) is 37.2 Å². The Hall–Kier alpha value is -2.89. The molecule has 0 aliphatic rings. The van der Waals surface area contributed by atoms with Crippen molar-refractivity contribution in [2.24, 2.45) is 0 Å². The van der Waals surface area contributed by atoms with Crippen molar-refractivity contribution >= 4 is 23.1 Å². The Kier molecular flexibility index (Phi) is 6.51. The maximum atomic E-state index is 12.2. The van der Waals surface area contributed by atoms with Gasteiger partial charge in [0.05, 0.1) is 13.2 Å². The molecule has 0 atom stereocenters. The summed E-state index contributed by atoms with van der Waals surface area (Å²) in [4.78, 5) is 14.2. The average molecular weight is 343 g/mol. The summed E-state index contributed by atoms with van der Waals surface area (Å²) in [6.07, 6.45) is 0. The van der Waals surface area contributed by atoms with Gasteiger partial charge in [-0.3, -0.25) is 0 Å². The quantitative estimate of drug-likeness (QED) is 0.791. The van der Waals surface area contributed by atoms with Crippen molar-refractivity contribution in [2.45, 2.75) is 13.8 Å². The Morgan fingerprint density at radius 3 is 2.04 bits per heavy atom. The predicted octanol–water partition coefficient (Wildman–Crippen LogP) is 4.19. The van der Waals surface area contributed by atoms with Crippen molar-refractivity contribution in [3.8, 4) is 11.5 Å². The van der Waals surface area contributed by atoms with Crippen LogP contribution >= 0.6 is 0 Å². The number of benzene rings is 2. The number of urea groups is 1. The van der Waals surface area contributed by atoms with Gasteiger partial charge in [0.1, 0.15) is 0 Å². The first-order valence-corrected chi connectivity index (χ1v) is 8.28. The normalized spacial score (nSPS) is 10.1. The summed E-state index contributed by atoms with van der Waals surface area (Å²) in [7, 11) is 3.94. The maximum Gasteiger partial charge on any atom is 0.323 e. The number of amides is 2. The Balaban J connectivity index is 2.03. The van der Waals surface area contributed by atoms with E-state index in [4.69, 9.17) is 9.47 Å². The van der Waals surface area contributed by atoms with Crippen LogP contribution in [0.2, 0.25) is 0 Å². The Morgan fingerprint density at radius 2 is 1.44 bits per heavy atom. The highest BCUT2D eigenvalue weighted by Gasteiger charge is 2.09. The van der Waals surface area contributed by atoms with E-state index in [-0.39, 0.29) is 6.03 Å². The number of nitrogens with zero attached hydrogens (tertiary/aromatic N) is 1. The average Bonchev–Trinajstić information content (AvgIpc) is 2.58. The third-order valence-corrected chi connectivity index (χ3v) is 3.44. The summed E-state index contributed by atoms with van der Waals surface area (Å²) in [5, 5.41) is 5.61. The van der Waals surface area contributed by atoms with Gasteiger partial charge < -0.3 is 25.0 Å². The summed E-state index contributed by atoms with van der Waals surface area (Å²) in [5.41, 5.74) is 2.42. The molecule has 0 spiro atoms. The number of nitrogens with one attached hydrogen (secondary N) is 2. The van der Waals surface area contributed by atoms with Crippen LogP contribution in [0, 0.1) is 0 Å². The van der Waals surface area contributed by atoms with Crippen molar-refractivity contribution in [2.75, 3.05) is 42.8 Å². The molecule has 0 radical (unpaired) electrons. The van der Waals surface area contributed by atoms with Crippen LogP contribution in [0.3, 0.4) is 0 Å². The second kappa shape index (κ2) is 8.82. The van der Waals surface area contributed by atoms with Crippen LogP contribution < -0.4 is 25.0 Å². The first-order chi connectivity index (χ1) is 12.0. The number of anilines is 3. The predicted molar refractivity (Wildman–Crippen MR) is 102 cm³/mol. The van der Waals surface area contributed by atoms with Gasteiger partial charge in [-0.2, -0.15) is 0 Å². The van der Waals surface area contributed by atoms with Crippen LogP contribution in [0.4, 0.5) is 21.9 Å². The van der Waals surface area contributed by atoms with E-state index in [9.17, 15) is 4.79 Å². The van der Waals surface area contributed by atoms with E-state index in [0.29, 0.717) is 30.4 Å².